The van der Waals surface area contributed by atoms with Crippen molar-refractivity contribution in [2.75, 3.05) is 0 Å². The standard InChI is InChI=1S/C16H23FO.C2H6/c1-4-6-7-8-14(16(18)5-2)13-9-10-15(17)12(3)11-13;1-2/h9-11,14H,4-8H2,1-3H3;1-2H3. The molecule has 20 heavy (non-hydrogen) atoms. The zero-order valence-electron chi connectivity index (χ0n) is 13.6. The number of hydrogen-bond donors (Lipinski definition) is 0. The summed E-state index contributed by atoms with van der Waals surface area (Å²) in [5.41, 5.74) is 1.59. The maximum atomic E-state index is 13.3. The lowest BCUT2D eigenvalue weighted by atomic mass is 9.87. The lowest BCUT2D eigenvalue weighted by Crippen LogP contribution is -2.12. The SMILES string of the molecule is CC.CCCCCC(C(=O)CC)c1ccc(F)c(C)c1. The van der Waals surface area contributed by atoms with E-state index < -0.39 is 0 Å². The van der Waals surface area contributed by atoms with Gasteiger partial charge in [-0.3, -0.25) is 4.79 Å². The van der Waals surface area contributed by atoms with Gasteiger partial charge in [0.25, 0.3) is 0 Å². The van der Waals surface area contributed by atoms with E-state index in [0.29, 0.717) is 12.0 Å². The topological polar surface area (TPSA) is 17.1 Å². The number of ketones is 1. The Balaban J connectivity index is 0.00000172. The van der Waals surface area contributed by atoms with Gasteiger partial charge in [0.15, 0.2) is 0 Å². The molecule has 0 heterocycles. The Bertz CT molecular complexity index is 398. The number of rotatable bonds is 7. The maximum absolute atomic E-state index is 13.3. The van der Waals surface area contributed by atoms with Gasteiger partial charge in [0.2, 0.25) is 0 Å². The van der Waals surface area contributed by atoms with E-state index >= 15 is 0 Å². The molecule has 1 rings (SSSR count). The smallest absolute Gasteiger partial charge is 0.140 e. The molecule has 1 unspecified atom stereocenters. The van der Waals surface area contributed by atoms with Crippen LogP contribution in [0.5, 0.6) is 0 Å². The Morgan fingerprint density at radius 3 is 2.35 bits per heavy atom. The number of hydrogen-bond acceptors (Lipinski definition) is 1. The van der Waals surface area contributed by atoms with Crippen molar-refractivity contribution in [3.63, 3.8) is 0 Å². The molecule has 0 aliphatic heterocycles. The van der Waals surface area contributed by atoms with Crippen LogP contribution in [-0.2, 0) is 4.79 Å². The first kappa shape index (κ1) is 18.8. The molecule has 0 fully saturated rings. The summed E-state index contributed by atoms with van der Waals surface area (Å²) in [6.07, 6.45) is 4.78. The Hall–Kier alpha value is -1.18. The Morgan fingerprint density at radius 1 is 1.20 bits per heavy atom. The first-order chi connectivity index (χ1) is 9.60. The normalized spacial score (nSPS) is 11.5. The zero-order valence-corrected chi connectivity index (χ0v) is 13.6. The van der Waals surface area contributed by atoms with Gasteiger partial charge in [-0.15, -0.1) is 0 Å². The van der Waals surface area contributed by atoms with Crippen LogP contribution in [0.4, 0.5) is 4.39 Å². The first-order valence-corrected chi connectivity index (χ1v) is 7.88. The molecule has 1 atom stereocenters. The van der Waals surface area contributed by atoms with E-state index in [-0.39, 0.29) is 17.5 Å². The lowest BCUT2D eigenvalue weighted by molar-refractivity contribution is -0.120. The molecule has 1 aromatic carbocycles. The fraction of sp³-hybridized carbons (Fsp3) is 0.611. The van der Waals surface area contributed by atoms with Crippen molar-refractivity contribution < 1.29 is 9.18 Å². The van der Waals surface area contributed by atoms with Crippen LogP contribution in [0.25, 0.3) is 0 Å². The molecule has 114 valence electrons. The van der Waals surface area contributed by atoms with E-state index in [0.717, 1.165) is 31.2 Å². The first-order valence-electron chi connectivity index (χ1n) is 7.88. The van der Waals surface area contributed by atoms with E-state index in [1.807, 2.05) is 26.8 Å². The third-order valence-electron chi connectivity index (χ3n) is 3.42. The second-order valence-corrected chi connectivity index (χ2v) is 4.88. The van der Waals surface area contributed by atoms with E-state index in [1.54, 1.807) is 13.0 Å². The average molecular weight is 280 g/mol. The molecular formula is C18H29FO. The predicted octanol–water partition coefficient (Wildman–Crippen LogP) is 5.80. The summed E-state index contributed by atoms with van der Waals surface area (Å²) in [6, 6.07) is 5.05. The number of aryl methyl sites for hydroxylation is 1. The molecule has 1 nitrogen and oxygen atoms in total. The fourth-order valence-electron chi connectivity index (χ4n) is 2.24. The minimum Gasteiger partial charge on any atom is -0.299 e. The van der Waals surface area contributed by atoms with Gasteiger partial charge in [-0.05, 0) is 30.5 Å². The maximum Gasteiger partial charge on any atom is 0.140 e. The molecule has 0 aliphatic carbocycles. The van der Waals surface area contributed by atoms with Crippen molar-refractivity contribution in [2.24, 2.45) is 0 Å². The predicted molar refractivity (Wildman–Crippen MR) is 84.7 cm³/mol. The number of carbonyl (C=O) groups excluding carboxylic acids is 1. The summed E-state index contributed by atoms with van der Waals surface area (Å²) >= 11 is 0. The quantitative estimate of drug-likeness (QED) is 0.576. The van der Waals surface area contributed by atoms with Crippen LogP contribution in [0.3, 0.4) is 0 Å². The molecule has 0 saturated carbocycles. The van der Waals surface area contributed by atoms with E-state index in [2.05, 4.69) is 6.92 Å². The third-order valence-corrected chi connectivity index (χ3v) is 3.42. The molecule has 0 amide bonds. The van der Waals surface area contributed by atoms with Gasteiger partial charge >= 0.3 is 0 Å². The molecule has 0 radical (unpaired) electrons. The Labute approximate surface area is 123 Å². The van der Waals surface area contributed by atoms with Crippen molar-refractivity contribution >= 4 is 5.78 Å². The van der Waals surface area contributed by atoms with Crippen LogP contribution < -0.4 is 0 Å². The largest absolute Gasteiger partial charge is 0.299 e. The van der Waals surface area contributed by atoms with Crippen LogP contribution in [0.1, 0.15) is 76.8 Å². The fourth-order valence-corrected chi connectivity index (χ4v) is 2.24. The summed E-state index contributed by atoms with van der Waals surface area (Å²) < 4.78 is 13.3. The highest BCUT2D eigenvalue weighted by atomic mass is 19.1. The Kier molecular flexibility index (Phi) is 9.96. The number of unbranched alkanes of at least 4 members (excludes halogenated alkanes) is 2. The second-order valence-electron chi connectivity index (χ2n) is 4.88. The molecule has 1 aromatic rings. The summed E-state index contributed by atoms with van der Waals surface area (Å²) in [7, 11) is 0. The van der Waals surface area contributed by atoms with Crippen molar-refractivity contribution in [1.29, 1.82) is 0 Å². The zero-order chi connectivity index (χ0) is 15.5. The molecule has 0 spiro atoms. The van der Waals surface area contributed by atoms with Gasteiger partial charge in [-0.25, -0.2) is 4.39 Å². The highest BCUT2D eigenvalue weighted by molar-refractivity contribution is 5.85. The van der Waals surface area contributed by atoms with Gasteiger partial charge in [-0.1, -0.05) is 59.1 Å². The van der Waals surface area contributed by atoms with Gasteiger partial charge in [0, 0.05) is 12.3 Å². The molecule has 0 N–H and O–H groups in total. The molecule has 0 saturated heterocycles. The average Bonchev–Trinajstić information content (AvgIpc) is 2.48. The summed E-state index contributed by atoms with van der Waals surface area (Å²) in [4.78, 5) is 12.0. The third kappa shape index (κ3) is 5.85. The number of benzene rings is 1. The van der Waals surface area contributed by atoms with E-state index in [1.165, 1.54) is 6.07 Å². The van der Waals surface area contributed by atoms with Crippen molar-refractivity contribution in [1.82, 2.24) is 0 Å². The van der Waals surface area contributed by atoms with Gasteiger partial charge in [-0.2, -0.15) is 0 Å². The van der Waals surface area contributed by atoms with Crippen LogP contribution in [-0.4, -0.2) is 5.78 Å². The molecule has 0 aromatic heterocycles. The van der Waals surface area contributed by atoms with Crippen LogP contribution in [0.15, 0.2) is 18.2 Å². The number of carbonyl (C=O) groups is 1. The van der Waals surface area contributed by atoms with Crippen molar-refractivity contribution in [2.45, 2.75) is 72.6 Å². The van der Waals surface area contributed by atoms with Gasteiger partial charge in [0.1, 0.15) is 11.6 Å². The monoisotopic (exact) mass is 280 g/mol. The summed E-state index contributed by atoms with van der Waals surface area (Å²) in [5.74, 6) is 0.00738. The summed E-state index contributed by atoms with van der Waals surface area (Å²) in [6.45, 7) is 9.79. The molecule has 0 aliphatic rings. The van der Waals surface area contributed by atoms with Crippen LogP contribution in [0, 0.1) is 12.7 Å². The van der Waals surface area contributed by atoms with Crippen molar-refractivity contribution in [3.8, 4) is 0 Å². The van der Waals surface area contributed by atoms with E-state index in [4.69, 9.17) is 0 Å². The second kappa shape index (κ2) is 10.6. The summed E-state index contributed by atoms with van der Waals surface area (Å²) in [5, 5.41) is 0. The van der Waals surface area contributed by atoms with Crippen LogP contribution >= 0.6 is 0 Å². The highest BCUT2D eigenvalue weighted by Crippen LogP contribution is 2.26. The van der Waals surface area contributed by atoms with E-state index in [9.17, 15) is 9.18 Å². The van der Waals surface area contributed by atoms with Crippen molar-refractivity contribution in [3.05, 3.63) is 35.1 Å². The lowest BCUT2D eigenvalue weighted by Gasteiger charge is -2.16. The minimum absolute atomic E-state index is 0.0548. The van der Waals surface area contributed by atoms with Crippen LogP contribution in [0.2, 0.25) is 0 Å². The molecule has 0 bridgehead atoms. The molecular weight excluding hydrogens is 251 g/mol. The highest BCUT2D eigenvalue weighted by Gasteiger charge is 2.19. The van der Waals surface area contributed by atoms with Gasteiger partial charge in [0.05, 0.1) is 0 Å². The number of Topliss-reactive ketones (excluding diaryl/α,β-unsaturated/α-hetero) is 1. The number of halogens is 1. The molecule has 2 heteroatoms. The minimum atomic E-state index is -0.199. The Morgan fingerprint density at radius 2 is 1.85 bits per heavy atom. The van der Waals surface area contributed by atoms with Gasteiger partial charge < -0.3 is 0 Å².